The summed E-state index contributed by atoms with van der Waals surface area (Å²) in [6.07, 6.45) is 1.94. The van der Waals surface area contributed by atoms with Gasteiger partial charge >= 0.3 is 0 Å². The fraction of sp³-hybridized carbons (Fsp3) is 0.375. The molecular weight excluding hydrogens is 454 g/mol. The Kier molecular flexibility index (Phi) is 5.73. The predicted molar refractivity (Wildman–Crippen MR) is 130 cm³/mol. The molecule has 0 spiro atoms. The van der Waals surface area contributed by atoms with E-state index in [-0.39, 0.29) is 11.3 Å². The van der Waals surface area contributed by atoms with E-state index in [9.17, 15) is 4.79 Å². The van der Waals surface area contributed by atoms with Crippen LogP contribution in [0.15, 0.2) is 47.0 Å². The zero-order valence-corrected chi connectivity index (χ0v) is 20.2. The molecule has 5 rings (SSSR count). The smallest absolute Gasteiger partial charge is 0.300 e. The average molecular weight is 480 g/mol. The number of piperazine rings is 1. The molecule has 1 aromatic carbocycles. The summed E-state index contributed by atoms with van der Waals surface area (Å²) >= 11 is 5.94. The van der Waals surface area contributed by atoms with Crippen LogP contribution < -0.4 is 4.90 Å². The number of halogens is 1. The first-order valence-corrected chi connectivity index (χ1v) is 11.6. The molecule has 0 N–H and O–H groups in total. The third-order valence-electron chi connectivity index (χ3n) is 5.65. The van der Waals surface area contributed by atoms with Crippen molar-refractivity contribution < 1.29 is 9.21 Å². The molecule has 0 atom stereocenters. The quantitative estimate of drug-likeness (QED) is 0.406. The number of aromatic nitrogens is 5. The second kappa shape index (κ2) is 8.72. The Morgan fingerprint density at radius 1 is 1.03 bits per heavy atom. The van der Waals surface area contributed by atoms with Crippen LogP contribution in [0.1, 0.15) is 31.1 Å². The number of amides is 1. The summed E-state index contributed by atoms with van der Waals surface area (Å²) in [5, 5.41) is 8.88. The minimum Gasteiger partial charge on any atom is -0.422 e. The second-order valence-corrected chi connectivity index (χ2v) is 10.1. The fourth-order valence-electron chi connectivity index (χ4n) is 3.98. The van der Waals surface area contributed by atoms with Crippen LogP contribution >= 0.6 is 11.6 Å². The lowest BCUT2D eigenvalue weighted by Gasteiger charge is -2.33. The number of pyridine rings is 1. The van der Waals surface area contributed by atoms with E-state index in [0.29, 0.717) is 54.1 Å². The molecule has 4 heterocycles. The van der Waals surface area contributed by atoms with Crippen molar-refractivity contribution in [3.8, 4) is 11.3 Å². The highest BCUT2D eigenvalue weighted by Gasteiger charge is 2.25. The molecule has 1 aliphatic rings. The van der Waals surface area contributed by atoms with Crippen molar-refractivity contribution in [1.29, 1.82) is 0 Å². The Labute approximate surface area is 202 Å². The molecule has 0 aliphatic carbocycles. The standard InChI is InChI=1S/C24H26ClN7O2/c1-24(2,3)15-32-14-18(28-29-32)16-4-6-17(7-5-16)22(33)30-10-12-31(13-11-30)23-27-21-19(34-23)8-9-20(25)26-21/h4-9,14H,10-13,15H2,1-3H3. The predicted octanol–water partition coefficient (Wildman–Crippen LogP) is 4.14. The number of oxazole rings is 1. The number of hydrogen-bond donors (Lipinski definition) is 0. The minimum absolute atomic E-state index is 0.00796. The van der Waals surface area contributed by atoms with Crippen LogP contribution in [0, 0.1) is 5.41 Å². The maximum Gasteiger partial charge on any atom is 0.300 e. The van der Waals surface area contributed by atoms with E-state index in [2.05, 4.69) is 41.1 Å². The van der Waals surface area contributed by atoms with Gasteiger partial charge in [-0.05, 0) is 29.7 Å². The van der Waals surface area contributed by atoms with Gasteiger partial charge in [-0.1, -0.05) is 49.7 Å². The third-order valence-corrected chi connectivity index (χ3v) is 5.86. The van der Waals surface area contributed by atoms with Crippen LogP contribution in [0.5, 0.6) is 0 Å². The topological polar surface area (TPSA) is 93.2 Å². The first-order chi connectivity index (χ1) is 16.2. The van der Waals surface area contributed by atoms with Gasteiger partial charge in [0.25, 0.3) is 11.9 Å². The Morgan fingerprint density at radius 3 is 2.47 bits per heavy atom. The Morgan fingerprint density at radius 2 is 1.76 bits per heavy atom. The molecule has 0 saturated carbocycles. The molecule has 176 valence electrons. The summed E-state index contributed by atoms with van der Waals surface area (Å²) in [7, 11) is 0. The Hall–Kier alpha value is -3.46. The number of anilines is 1. The number of carbonyl (C=O) groups excluding carboxylic acids is 1. The van der Waals surface area contributed by atoms with E-state index >= 15 is 0 Å². The van der Waals surface area contributed by atoms with Crippen LogP contribution in [0.25, 0.3) is 22.5 Å². The van der Waals surface area contributed by atoms with Gasteiger partial charge in [-0.3, -0.25) is 9.48 Å². The minimum atomic E-state index is 0.00796. The highest BCUT2D eigenvalue weighted by atomic mass is 35.5. The molecule has 3 aromatic heterocycles. The van der Waals surface area contributed by atoms with Crippen LogP contribution in [0.2, 0.25) is 5.15 Å². The van der Waals surface area contributed by atoms with E-state index in [4.69, 9.17) is 16.0 Å². The number of benzene rings is 1. The summed E-state index contributed by atoms with van der Waals surface area (Å²) in [6.45, 7) is 9.68. The van der Waals surface area contributed by atoms with Crippen molar-refractivity contribution in [1.82, 2.24) is 29.9 Å². The van der Waals surface area contributed by atoms with E-state index in [1.807, 2.05) is 44.9 Å². The molecule has 9 nitrogen and oxygen atoms in total. The van der Waals surface area contributed by atoms with Gasteiger partial charge in [-0.15, -0.1) is 5.10 Å². The van der Waals surface area contributed by atoms with E-state index in [1.165, 1.54) is 0 Å². The van der Waals surface area contributed by atoms with Crippen molar-refractivity contribution in [2.24, 2.45) is 5.41 Å². The number of hydrogen-bond acceptors (Lipinski definition) is 7. The van der Waals surface area contributed by atoms with Crippen LogP contribution in [-0.2, 0) is 6.54 Å². The first kappa shape index (κ1) is 22.3. The molecule has 1 saturated heterocycles. The largest absolute Gasteiger partial charge is 0.422 e. The van der Waals surface area contributed by atoms with Crippen LogP contribution in [0.3, 0.4) is 0 Å². The van der Waals surface area contributed by atoms with E-state index in [1.54, 1.807) is 12.1 Å². The van der Waals surface area contributed by atoms with Crippen LogP contribution in [-0.4, -0.2) is 61.9 Å². The van der Waals surface area contributed by atoms with Gasteiger partial charge in [0, 0.05) is 43.9 Å². The highest BCUT2D eigenvalue weighted by molar-refractivity contribution is 6.29. The van der Waals surface area contributed by atoms with Gasteiger partial charge in [0.1, 0.15) is 10.8 Å². The van der Waals surface area contributed by atoms with Gasteiger partial charge < -0.3 is 14.2 Å². The Bertz CT molecular complexity index is 1320. The Balaban J connectivity index is 1.21. The SMILES string of the molecule is CC(C)(C)Cn1cc(-c2ccc(C(=O)N3CCN(c4nc5nc(Cl)ccc5o4)CC3)cc2)nn1. The number of carbonyl (C=O) groups is 1. The van der Waals surface area contributed by atoms with E-state index < -0.39 is 0 Å². The van der Waals surface area contributed by atoms with Crippen molar-refractivity contribution in [3.05, 3.63) is 53.3 Å². The van der Waals surface area contributed by atoms with Crippen molar-refractivity contribution in [2.45, 2.75) is 27.3 Å². The summed E-state index contributed by atoms with van der Waals surface area (Å²) in [5.74, 6) is 0.00796. The lowest BCUT2D eigenvalue weighted by Crippen LogP contribution is -2.48. The molecule has 1 fully saturated rings. The number of nitrogens with zero attached hydrogens (tertiary/aromatic N) is 7. The maximum absolute atomic E-state index is 13.0. The number of rotatable bonds is 4. The number of fused-ring (bicyclic) bond motifs is 1. The zero-order chi connectivity index (χ0) is 23.9. The van der Waals surface area contributed by atoms with Gasteiger partial charge in [0.05, 0.1) is 6.20 Å². The lowest BCUT2D eigenvalue weighted by atomic mass is 9.97. The zero-order valence-electron chi connectivity index (χ0n) is 19.4. The molecule has 4 aromatic rings. The monoisotopic (exact) mass is 479 g/mol. The highest BCUT2D eigenvalue weighted by Crippen LogP contribution is 2.24. The summed E-state index contributed by atoms with van der Waals surface area (Å²) in [4.78, 5) is 25.5. The van der Waals surface area contributed by atoms with Gasteiger partial charge in [0.15, 0.2) is 5.58 Å². The van der Waals surface area contributed by atoms with Gasteiger partial charge in [-0.2, -0.15) is 4.98 Å². The van der Waals surface area contributed by atoms with Crippen LogP contribution in [0.4, 0.5) is 6.01 Å². The van der Waals surface area contributed by atoms with Crippen molar-refractivity contribution in [2.75, 3.05) is 31.1 Å². The molecule has 34 heavy (non-hydrogen) atoms. The normalized spacial score (nSPS) is 14.7. The summed E-state index contributed by atoms with van der Waals surface area (Å²) in [5.41, 5.74) is 3.59. The fourth-order valence-corrected chi connectivity index (χ4v) is 4.12. The lowest BCUT2D eigenvalue weighted by molar-refractivity contribution is 0.0745. The van der Waals surface area contributed by atoms with Gasteiger partial charge in [0.2, 0.25) is 5.65 Å². The molecule has 1 aliphatic heterocycles. The van der Waals surface area contributed by atoms with Crippen molar-refractivity contribution in [3.63, 3.8) is 0 Å². The molecule has 0 bridgehead atoms. The molecule has 0 unspecified atom stereocenters. The van der Waals surface area contributed by atoms with Crippen molar-refractivity contribution >= 4 is 34.8 Å². The first-order valence-electron chi connectivity index (χ1n) is 11.2. The summed E-state index contributed by atoms with van der Waals surface area (Å²) in [6, 6.07) is 11.5. The molecule has 10 heteroatoms. The molecule has 1 amide bonds. The second-order valence-electron chi connectivity index (χ2n) is 9.67. The summed E-state index contributed by atoms with van der Waals surface area (Å²) < 4.78 is 7.66. The third kappa shape index (κ3) is 4.75. The maximum atomic E-state index is 13.0. The van der Waals surface area contributed by atoms with Gasteiger partial charge in [-0.25, -0.2) is 4.98 Å². The average Bonchev–Trinajstić information content (AvgIpc) is 3.44. The van der Waals surface area contributed by atoms with E-state index in [0.717, 1.165) is 17.8 Å². The molecule has 0 radical (unpaired) electrons. The molecular formula is C24H26ClN7O2.